The maximum Gasteiger partial charge on any atom is 0.416 e. The van der Waals surface area contributed by atoms with Gasteiger partial charge >= 0.3 is 6.18 Å². The van der Waals surface area contributed by atoms with Crippen molar-refractivity contribution in [3.05, 3.63) is 77.2 Å². The van der Waals surface area contributed by atoms with E-state index in [2.05, 4.69) is 9.71 Å². The third kappa shape index (κ3) is 4.96. The minimum absolute atomic E-state index is 0.103. The molecule has 0 radical (unpaired) electrons. The molecular formula is C24H20F4N2O5S. The molecule has 1 fully saturated rings. The van der Waals surface area contributed by atoms with Gasteiger partial charge in [-0.1, -0.05) is 18.2 Å². The van der Waals surface area contributed by atoms with Gasteiger partial charge in [0.05, 0.1) is 30.3 Å². The van der Waals surface area contributed by atoms with Crippen LogP contribution < -0.4 is 14.2 Å². The Morgan fingerprint density at radius 2 is 1.81 bits per heavy atom. The molecule has 2 aromatic carbocycles. The van der Waals surface area contributed by atoms with Gasteiger partial charge in [-0.15, -0.1) is 0 Å². The third-order valence-corrected chi connectivity index (χ3v) is 7.26. The minimum atomic E-state index is -4.53. The molecule has 190 valence electrons. The van der Waals surface area contributed by atoms with Gasteiger partial charge in [0.2, 0.25) is 5.95 Å². The monoisotopic (exact) mass is 524 g/mol. The van der Waals surface area contributed by atoms with E-state index >= 15 is 0 Å². The highest BCUT2D eigenvalue weighted by Gasteiger charge is 2.34. The molecule has 0 unspecified atom stereocenters. The second-order valence-electron chi connectivity index (χ2n) is 8.37. The van der Waals surface area contributed by atoms with E-state index in [-0.39, 0.29) is 54.1 Å². The van der Waals surface area contributed by atoms with E-state index in [0.717, 1.165) is 18.2 Å². The van der Waals surface area contributed by atoms with Crippen molar-refractivity contribution in [3.63, 3.8) is 0 Å². The highest BCUT2D eigenvalue weighted by atomic mass is 32.2. The topological polar surface area (TPSA) is 86.8 Å². The number of sulfonamides is 1. The molecule has 0 saturated carbocycles. The van der Waals surface area contributed by atoms with Crippen LogP contribution in [0.2, 0.25) is 0 Å². The average molecular weight is 524 g/mol. The van der Waals surface area contributed by atoms with E-state index in [0.29, 0.717) is 17.5 Å². The van der Waals surface area contributed by atoms with E-state index < -0.39 is 27.7 Å². The molecule has 1 atom stereocenters. The summed E-state index contributed by atoms with van der Waals surface area (Å²) < 4.78 is 97.9. The molecule has 1 saturated heterocycles. The number of nitrogens with zero attached hydrogens (tertiary/aromatic N) is 1. The lowest BCUT2D eigenvalue weighted by Gasteiger charge is -2.31. The van der Waals surface area contributed by atoms with Crippen molar-refractivity contribution >= 4 is 15.8 Å². The van der Waals surface area contributed by atoms with Crippen LogP contribution in [-0.4, -0.2) is 39.3 Å². The zero-order valence-corrected chi connectivity index (χ0v) is 19.4. The predicted octanol–water partition coefficient (Wildman–Crippen LogP) is 4.73. The van der Waals surface area contributed by atoms with Crippen LogP contribution in [0, 0.1) is 5.95 Å². The van der Waals surface area contributed by atoms with Gasteiger partial charge in [0.25, 0.3) is 10.0 Å². The minimum Gasteiger partial charge on any atom is -0.493 e. The predicted molar refractivity (Wildman–Crippen MR) is 120 cm³/mol. The van der Waals surface area contributed by atoms with Crippen LogP contribution in [0.15, 0.2) is 59.5 Å². The zero-order chi connectivity index (χ0) is 25.5. The molecule has 3 heterocycles. The maximum atomic E-state index is 13.4. The standard InChI is InChI=1S/C24H20F4N2O5S/c25-22-2-1-3-23(29-22)30-36(31,32)16-5-7-18-17(8-9-34-20(18)11-16)19-6-4-14(24(26,27)28)10-21(19)35-15-12-33-13-15/h1-7,10-11,15,17H,8-9,12-13H2,(H,29,30)/t17-/m0/s1. The normalized spacial score (nSPS) is 18.1. The van der Waals surface area contributed by atoms with Crippen molar-refractivity contribution in [2.75, 3.05) is 24.5 Å². The summed E-state index contributed by atoms with van der Waals surface area (Å²) in [5.74, 6) is -1.03. The van der Waals surface area contributed by atoms with Crippen molar-refractivity contribution < 1.29 is 40.2 Å². The number of rotatable bonds is 6. The number of halogens is 4. The van der Waals surface area contributed by atoms with Crippen LogP contribution in [-0.2, 0) is 20.9 Å². The lowest BCUT2D eigenvalue weighted by atomic mass is 9.85. The number of nitrogens with one attached hydrogen (secondary N) is 1. The summed E-state index contributed by atoms with van der Waals surface area (Å²) >= 11 is 0. The zero-order valence-electron chi connectivity index (χ0n) is 18.6. The highest BCUT2D eigenvalue weighted by Crippen LogP contribution is 2.44. The number of fused-ring (bicyclic) bond motifs is 1. The van der Waals surface area contributed by atoms with Gasteiger partial charge in [0.1, 0.15) is 23.4 Å². The molecule has 36 heavy (non-hydrogen) atoms. The Balaban J connectivity index is 1.48. The molecule has 3 aromatic rings. The Bertz CT molecular complexity index is 1390. The van der Waals surface area contributed by atoms with Crippen molar-refractivity contribution in [2.45, 2.75) is 29.5 Å². The van der Waals surface area contributed by atoms with Crippen LogP contribution in [0.1, 0.15) is 29.0 Å². The SMILES string of the molecule is O=S(=O)(Nc1cccc(F)n1)c1ccc2c(c1)OCC[C@@H]2c1ccc(C(F)(F)F)cc1OC1COC1. The molecule has 0 spiro atoms. The largest absolute Gasteiger partial charge is 0.493 e. The van der Waals surface area contributed by atoms with E-state index in [1.165, 1.54) is 30.3 Å². The number of benzene rings is 2. The summed E-state index contributed by atoms with van der Waals surface area (Å²) in [5, 5.41) is 0. The van der Waals surface area contributed by atoms with Gasteiger partial charge in [-0.3, -0.25) is 4.72 Å². The van der Waals surface area contributed by atoms with Crippen LogP contribution in [0.3, 0.4) is 0 Å². The fourth-order valence-corrected chi connectivity index (χ4v) is 5.10. The molecule has 7 nitrogen and oxygen atoms in total. The van der Waals surface area contributed by atoms with Crippen molar-refractivity contribution in [2.24, 2.45) is 0 Å². The number of anilines is 1. The van der Waals surface area contributed by atoms with Crippen LogP contribution in [0.5, 0.6) is 11.5 Å². The van der Waals surface area contributed by atoms with E-state index in [4.69, 9.17) is 14.2 Å². The Labute approximate surface area is 204 Å². The van der Waals surface area contributed by atoms with E-state index in [1.54, 1.807) is 6.07 Å². The Morgan fingerprint density at radius 1 is 1.03 bits per heavy atom. The summed E-state index contributed by atoms with van der Waals surface area (Å²) in [6, 6.07) is 11.3. The molecule has 0 amide bonds. The Kier molecular flexibility index (Phi) is 6.25. The van der Waals surface area contributed by atoms with E-state index in [1.807, 2.05) is 0 Å². The van der Waals surface area contributed by atoms with Gasteiger partial charge < -0.3 is 14.2 Å². The van der Waals surface area contributed by atoms with Crippen molar-refractivity contribution in [1.29, 1.82) is 0 Å². The molecule has 0 aliphatic carbocycles. The molecule has 2 aliphatic rings. The number of alkyl halides is 3. The Hall–Kier alpha value is -3.38. The van der Waals surface area contributed by atoms with Crippen molar-refractivity contribution in [1.82, 2.24) is 4.98 Å². The molecule has 1 N–H and O–H groups in total. The maximum absolute atomic E-state index is 13.4. The number of aromatic nitrogens is 1. The summed E-state index contributed by atoms with van der Waals surface area (Å²) in [7, 11) is -4.11. The summed E-state index contributed by atoms with van der Waals surface area (Å²) in [5.41, 5.74) is 0.322. The second kappa shape index (κ2) is 9.25. The average Bonchev–Trinajstić information content (AvgIpc) is 2.80. The lowest BCUT2D eigenvalue weighted by Crippen LogP contribution is -2.39. The second-order valence-corrected chi connectivity index (χ2v) is 10.1. The van der Waals surface area contributed by atoms with Crippen LogP contribution in [0.4, 0.5) is 23.4 Å². The first-order valence-corrected chi connectivity index (χ1v) is 12.5. The van der Waals surface area contributed by atoms with Crippen LogP contribution in [0.25, 0.3) is 0 Å². The molecule has 2 aliphatic heterocycles. The molecule has 0 bridgehead atoms. The van der Waals surface area contributed by atoms with E-state index in [9.17, 15) is 26.0 Å². The fraction of sp³-hybridized carbons (Fsp3) is 0.292. The molecule has 5 rings (SSSR count). The first-order valence-electron chi connectivity index (χ1n) is 11.0. The summed E-state index contributed by atoms with van der Waals surface area (Å²) in [6.45, 7) is 0.788. The first-order chi connectivity index (χ1) is 17.1. The summed E-state index contributed by atoms with van der Waals surface area (Å²) in [4.78, 5) is 3.37. The Morgan fingerprint density at radius 3 is 2.50 bits per heavy atom. The van der Waals surface area contributed by atoms with Gasteiger partial charge in [-0.05, 0) is 36.8 Å². The smallest absolute Gasteiger partial charge is 0.416 e. The van der Waals surface area contributed by atoms with Crippen LogP contribution >= 0.6 is 0 Å². The number of pyridine rings is 1. The fourth-order valence-electron chi connectivity index (χ4n) is 4.08. The van der Waals surface area contributed by atoms with Gasteiger partial charge in [-0.25, -0.2) is 13.4 Å². The number of hydrogen-bond donors (Lipinski definition) is 1. The first kappa shape index (κ1) is 24.3. The summed E-state index contributed by atoms with van der Waals surface area (Å²) in [6.07, 6.45) is -4.43. The molecule has 12 heteroatoms. The quantitative estimate of drug-likeness (QED) is 0.371. The van der Waals surface area contributed by atoms with Gasteiger partial charge in [0, 0.05) is 23.1 Å². The number of hydrogen-bond acceptors (Lipinski definition) is 6. The van der Waals surface area contributed by atoms with Gasteiger partial charge in [-0.2, -0.15) is 17.6 Å². The highest BCUT2D eigenvalue weighted by molar-refractivity contribution is 7.92. The third-order valence-electron chi connectivity index (χ3n) is 5.91. The van der Waals surface area contributed by atoms with Crippen molar-refractivity contribution in [3.8, 4) is 11.5 Å². The lowest BCUT2D eigenvalue weighted by molar-refractivity contribution is -0.138. The molecule has 1 aromatic heterocycles. The number of ether oxygens (including phenoxy) is 3. The van der Waals surface area contributed by atoms with Gasteiger partial charge in [0.15, 0.2) is 0 Å². The molecular weight excluding hydrogens is 504 g/mol.